The van der Waals surface area contributed by atoms with Crippen LogP contribution in [-0.4, -0.2) is 31.8 Å². The summed E-state index contributed by atoms with van der Waals surface area (Å²) in [5, 5.41) is 0.899. The Labute approximate surface area is 142 Å². The first-order chi connectivity index (χ1) is 8.92. The van der Waals surface area contributed by atoms with Crippen molar-refractivity contribution < 1.29 is 51.6 Å². The fraction of sp³-hybridized carbons (Fsp3) is 0.182. The summed E-state index contributed by atoms with van der Waals surface area (Å²) in [6.07, 6.45) is 0. The molecule has 0 fully saturated rings. The molecule has 2 N–H and O–H groups in total. The number of benzene rings is 1. The predicted molar refractivity (Wildman–Crippen MR) is 73.0 cm³/mol. The van der Waals surface area contributed by atoms with E-state index in [0.29, 0.717) is 5.69 Å². The summed E-state index contributed by atoms with van der Waals surface area (Å²) >= 11 is 0.202. The second-order valence-electron chi connectivity index (χ2n) is 4.24. The maximum absolute atomic E-state index is 11.7. The molecule has 1 heterocycles. The van der Waals surface area contributed by atoms with Crippen molar-refractivity contribution in [2.75, 3.05) is 19.7 Å². The van der Waals surface area contributed by atoms with E-state index in [1.54, 1.807) is 18.2 Å². The molecule has 0 bridgehead atoms. The molecule has 0 saturated heterocycles. The SMILES string of the molecule is CN(C)S(=O)(=O)Nc1ccc2nc([NH][RaH])ccc2c1. The van der Waals surface area contributed by atoms with Crippen LogP contribution < -0.4 is 5.57 Å². The number of fused-ring (bicyclic) bond motifs is 1. The van der Waals surface area contributed by atoms with Gasteiger partial charge in [0.25, 0.3) is 0 Å². The van der Waals surface area contributed by atoms with Crippen molar-refractivity contribution in [3.8, 4) is 0 Å². The number of anilines is 2. The Morgan fingerprint density at radius 1 is 1.21 bits per heavy atom. The van der Waals surface area contributed by atoms with Crippen LogP contribution in [0.1, 0.15) is 0 Å². The van der Waals surface area contributed by atoms with E-state index in [1.807, 2.05) is 12.1 Å². The molecule has 0 aliphatic heterocycles. The van der Waals surface area contributed by atoms with Gasteiger partial charge in [-0.1, -0.05) is 0 Å². The monoisotopic (exact) mass is 492 g/mol. The van der Waals surface area contributed by atoms with E-state index >= 15 is 0 Å². The molecule has 2 aromatic rings. The molecule has 0 spiro atoms. The summed E-state index contributed by atoms with van der Waals surface area (Å²) in [6, 6.07) is 9.11. The van der Waals surface area contributed by atoms with Gasteiger partial charge in [-0.3, -0.25) is 0 Å². The summed E-state index contributed by atoms with van der Waals surface area (Å²) in [4.78, 5) is 4.43. The van der Waals surface area contributed by atoms with Crippen molar-refractivity contribution >= 4 is 32.6 Å². The molecule has 6 nitrogen and oxygen atoms in total. The van der Waals surface area contributed by atoms with E-state index in [2.05, 4.69) is 10.6 Å². The van der Waals surface area contributed by atoms with Crippen LogP contribution in [0.3, 0.4) is 0 Å². The molecule has 0 amide bonds. The van der Waals surface area contributed by atoms with Gasteiger partial charge in [0.1, 0.15) is 0 Å². The Morgan fingerprint density at radius 2 is 1.95 bits per heavy atom. The van der Waals surface area contributed by atoms with Gasteiger partial charge in [-0.05, 0) is 0 Å². The fourth-order valence-corrected chi connectivity index (χ4v) is 3.32. The van der Waals surface area contributed by atoms with Gasteiger partial charge < -0.3 is 0 Å². The van der Waals surface area contributed by atoms with Gasteiger partial charge in [-0.25, -0.2) is 0 Å². The average Bonchev–Trinajstić information content (AvgIpc) is 2.37. The summed E-state index contributed by atoms with van der Waals surface area (Å²) in [7, 11) is -0.508. The summed E-state index contributed by atoms with van der Waals surface area (Å²) in [5.74, 6) is 0.874. The fourth-order valence-electron chi connectivity index (χ4n) is 1.57. The third-order valence-corrected chi connectivity index (χ3v) is 6.23. The van der Waals surface area contributed by atoms with E-state index in [0.717, 1.165) is 21.0 Å². The number of rotatable bonds is 4. The Hall–Kier alpha value is -0.392. The summed E-state index contributed by atoms with van der Waals surface area (Å²) in [5.41, 5.74) is 1.37. The van der Waals surface area contributed by atoms with Gasteiger partial charge in [0.05, 0.1) is 0 Å². The van der Waals surface area contributed by atoms with Gasteiger partial charge >= 0.3 is 144 Å². The number of aromatic nitrogens is 1. The van der Waals surface area contributed by atoms with Crippen LogP contribution in [-0.2, 0) is 10.2 Å². The summed E-state index contributed by atoms with van der Waals surface area (Å²) < 4.78 is 30.3. The average molecular weight is 492 g/mol. The predicted octanol–water partition coefficient (Wildman–Crippen LogP) is 1.06. The van der Waals surface area contributed by atoms with Crippen molar-refractivity contribution in [1.82, 2.24) is 9.29 Å². The molecule has 19 heavy (non-hydrogen) atoms. The second kappa shape index (κ2) is 5.93. The Bertz CT molecular complexity index is 703. The molecule has 8 heteroatoms. The second-order valence-corrected chi connectivity index (χ2v) is 8.18. The Kier molecular flexibility index (Phi) is 4.69. The minimum atomic E-state index is -3.47. The van der Waals surface area contributed by atoms with Crippen molar-refractivity contribution in [2.45, 2.75) is 0 Å². The topological polar surface area (TPSA) is 74.3 Å². The van der Waals surface area contributed by atoms with Gasteiger partial charge in [-0.2, -0.15) is 0 Å². The molecular formula is C11H14N4O2RaS. The van der Waals surface area contributed by atoms with E-state index < -0.39 is 10.2 Å². The molecule has 0 aliphatic carbocycles. The first-order valence-corrected chi connectivity index (χ1v) is 11.3. The van der Waals surface area contributed by atoms with E-state index in [4.69, 9.17) is 0 Å². The van der Waals surface area contributed by atoms with Crippen molar-refractivity contribution in [1.29, 1.82) is 0 Å². The minimum absolute atomic E-state index is 0.202. The Morgan fingerprint density at radius 3 is 2.58 bits per heavy atom. The van der Waals surface area contributed by atoms with Crippen molar-refractivity contribution in [3.05, 3.63) is 30.3 Å². The molecule has 0 saturated carbocycles. The molecule has 0 atom stereocenters. The molecule has 0 radical (unpaired) electrons. The molecule has 1 aromatic carbocycles. The molecule has 0 unspecified atom stereocenters. The third kappa shape index (κ3) is 3.58. The van der Waals surface area contributed by atoms with E-state index in [9.17, 15) is 8.42 Å². The standard InChI is InChI=1S/C11H13N4O2S.Ra.H/c1-15(2)18(16,17)14-9-4-5-10-8(7-9)3-6-11(12)13-10;;/h3-7,14H,1-2H3,(H-,12,13);;/q-1;+1;. The van der Waals surface area contributed by atoms with Crippen LogP contribution in [0.5, 0.6) is 0 Å². The van der Waals surface area contributed by atoms with E-state index in [-0.39, 0.29) is 43.2 Å². The van der Waals surface area contributed by atoms with Crippen LogP contribution in [0.2, 0.25) is 0 Å². The Balaban J connectivity index is 2.37. The molecular weight excluding hydrogens is 478 g/mol. The molecule has 2 rings (SSSR count). The number of hydrogen-bond donors (Lipinski definition) is 2. The molecule has 1 aromatic heterocycles. The number of nitrogens with zero attached hydrogens (tertiary/aromatic N) is 2. The van der Waals surface area contributed by atoms with Crippen LogP contribution in [0.15, 0.2) is 30.3 Å². The van der Waals surface area contributed by atoms with Gasteiger partial charge in [0, 0.05) is 0 Å². The van der Waals surface area contributed by atoms with Gasteiger partial charge in [-0.15, -0.1) is 0 Å². The van der Waals surface area contributed by atoms with Crippen molar-refractivity contribution in [3.63, 3.8) is 0 Å². The zero-order valence-electron chi connectivity index (χ0n) is 11.0. The normalized spacial score (nSPS) is 11.7. The first-order valence-electron chi connectivity index (χ1n) is 5.71. The van der Waals surface area contributed by atoms with Crippen LogP contribution in [0.25, 0.3) is 10.9 Å². The quantitative estimate of drug-likeness (QED) is 0.670. The number of hydrogen-bond acceptors (Lipinski definition) is 4. The van der Waals surface area contributed by atoms with E-state index in [1.165, 1.54) is 14.1 Å². The van der Waals surface area contributed by atoms with Gasteiger partial charge in [0.15, 0.2) is 0 Å². The number of nitrogens with one attached hydrogen (secondary N) is 2. The van der Waals surface area contributed by atoms with Crippen LogP contribution in [0, 0.1) is 43.2 Å². The maximum atomic E-state index is 11.7. The molecule has 98 valence electrons. The van der Waals surface area contributed by atoms with Gasteiger partial charge in [0.2, 0.25) is 0 Å². The number of pyridine rings is 1. The van der Waals surface area contributed by atoms with Crippen LogP contribution in [0.4, 0.5) is 11.5 Å². The zero-order chi connectivity index (χ0) is 14.0. The third-order valence-electron chi connectivity index (χ3n) is 2.67. The summed E-state index contributed by atoms with van der Waals surface area (Å²) in [6.45, 7) is 0. The first kappa shape index (κ1) is 15.0. The van der Waals surface area contributed by atoms with Crippen molar-refractivity contribution in [2.24, 2.45) is 0 Å². The van der Waals surface area contributed by atoms with Crippen LogP contribution >= 0.6 is 0 Å². The molecule has 0 aliphatic rings. The zero-order valence-corrected chi connectivity index (χ0v) is 20.0.